The van der Waals surface area contributed by atoms with Crippen molar-refractivity contribution in [1.29, 1.82) is 0 Å². The van der Waals surface area contributed by atoms with Gasteiger partial charge in [-0.2, -0.15) is 0 Å². The van der Waals surface area contributed by atoms with E-state index in [4.69, 9.17) is 4.74 Å². The van der Waals surface area contributed by atoms with Gasteiger partial charge in [-0.15, -0.1) is 0 Å². The van der Waals surface area contributed by atoms with Crippen LogP contribution in [0.15, 0.2) is 30.3 Å². The van der Waals surface area contributed by atoms with E-state index in [1.807, 2.05) is 30.3 Å². The third-order valence-electron chi connectivity index (χ3n) is 5.13. The smallest absolute Gasteiger partial charge is 0.309 e. The van der Waals surface area contributed by atoms with E-state index in [1.54, 1.807) is 6.92 Å². The number of benzene rings is 1. The first kappa shape index (κ1) is 18.0. The summed E-state index contributed by atoms with van der Waals surface area (Å²) in [6.45, 7) is 8.29. The number of hydrogen-bond acceptors (Lipinski definition) is 3. The molecule has 0 aromatic heterocycles. The van der Waals surface area contributed by atoms with E-state index in [2.05, 4.69) is 20.8 Å². The minimum Gasteiger partial charge on any atom is -0.462 e. The minimum atomic E-state index is -1.19. The van der Waals surface area contributed by atoms with Crippen molar-refractivity contribution in [2.45, 2.75) is 65.1 Å². The fraction of sp³-hybridized carbons (Fsp3) is 0.650. The third-order valence-corrected chi connectivity index (χ3v) is 5.13. The Kier molecular flexibility index (Phi) is 5.85. The first-order valence-corrected chi connectivity index (χ1v) is 8.77. The Balaban J connectivity index is 2.00. The highest BCUT2D eigenvalue weighted by atomic mass is 16.5. The standard InChI is InChI=1S/C20H30O3/c1-14(2)17-11-10-15(3)12-18(17)23-19(21)13-20(4,22)16-8-6-5-7-9-16/h5-9,14-15,17-18,22H,10-13H2,1-4H3/t15-,17+,18-,20?/m1/s1. The molecule has 0 spiro atoms. The van der Waals surface area contributed by atoms with Crippen LogP contribution in [0.25, 0.3) is 0 Å². The van der Waals surface area contributed by atoms with Crippen molar-refractivity contribution in [2.24, 2.45) is 17.8 Å². The molecule has 0 radical (unpaired) electrons. The van der Waals surface area contributed by atoms with Crippen LogP contribution in [0.4, 0.5) is 0 Å². The molecule has 1 aromatic carbocycles. The summed E-state index contributed by atoms with van der Waals surface area (Å²) >= 11 is 0. The number of aliphatic hydroxyl groups is 1. The van der Waals surface area contributed by atoms with E-state index in [0.29, 0.717) is 17.8 Å². The molecule has 1 aromatic rings. The zero-order valence-electron chi connectivity index (χ0n) is 14.8. The average Bonchev–Trinajstić information content (AvgIpc) is 2.47. The van der Waals surface area contributed by atoms with Gasteiger partial charge in [0, 0.05) is 0 Å². The molecule has 0 bridgehead atoms. The number of carbonyl (C=O) groups is 1. The van der Waals surface area contributed by atoms with Crippen molar-refractivity contribution >= 4 is 5.97 Å². The Labute approximate surface area is 140 Å². The fourth-order valence-electron chi connectivity index (χ4n) is 3.64. The normalized spacial score (nSPS) is 27.5. The van der Waals surface area contributed by atoms with E-state index >= 15 is 0 Å². The quantitative estimate of drug-likeness (QED) is 0.824. The first-order valence-electron chi connectivity index (χ1n) is 8.77. The van der Waals surface area contributed by atoms with Crippen LogP contribution >= 0.6 is 0 Å². The van der Waals surface area contributed by atoms with Crippen LogP contribution in [0.5, 0.6) is 0 Å². The van der Waals surface area contributed by atoms with Gasteiger partial charge in [-0.05, 0) is 43.1 Å². The summed E-state index contributed by atoms with van der Waals surface area (Å²) in [5.74, 6) is 1.23. The summed E-state index contributed by atoms with van der Waals surface area (Å²) in [5, 5.41) is 10.6. The molecule has 128 valence electrons. The van der Waals surface area contributed by atoms with Gasteiger partial charge in [-0.3, -0.25) is 4.79 Å². The maximum atomic E-state index is 12.4. The van der Waals surface area contributed by atoms with Crippen molar-refractivity contribution in [3.05, 3.63) is 35.9 Å². The molecule has 0 heterocycles. The van der Waals surface area contributed by atoms with Gasteiger partial charge in [0.05, 0.1) is 12.0 Å². The molecule has 2 rings (SSSR count). The van der Waals surface area contributed by atoms with Crippen molar-refractivity contribution in [2.75, 3.05) is 0 Å². The number of ether oxygens (including phenoxy) is 1. The molecule has 1 fully saturated rings. The Morgan fingerprint density at radius 1 is 1.30 bits per heavy atom. The second-order valence-corrected chi connectivity index (χ2v) is 7.67. The topological polar surface area (TPSA) is 46.5 Å². The summed E-state index contributed by atoms with van der Waals surface area (Å²) in [5.41, 5.74) is -0.444. The van der Waals surface area contributed by atoms with Gasteiger partial charge in [0.15, 0.2) is 0 Å². The Morgan fingerprint density at radius 2 is 1.96 bits per heavy atom. The number of rotatable bonds is 5. The van der Waals surface area contributed by atoms with Gasteiger partial charge in [-0.1, -0.05) is 57.5 Å². The van der Waals surface area contributed by atoms with Gasteiger partial charge in [-0.25, -0.2) is 0 Å². The van der Waals surface area contributed by atoms with Crippen LogP contribution in [-0.4, -0.2) is 17.2 Å². The Morgan fingerprint density at radius 3 is 2.57 bits per heavy atom. The van der Waals surface area contributed by atoms with Crippen molar-refractivity contribution in [3.8, 4) is 0 Å². The first-order chi connectivity index (χ1) is 10.8. The molecule has 3 heteroatoms. The molecule has 1 saturated carbocycles. The highest BCUT2D eigenvalue weighted by Crippen LogP contribution is 2.36. The largest absolute Gasteiger partial charge is 0.462 e. The monoisotopic (exact) mass is 318 g/mol. The zero-order valence-corrected chi connectivity index (χ0v) is 14.8. The van der Waals surface area contributed by atoms with Gasteiger partial charge in [0.1, 0.15) is 6.10 Å². The Bertz CT molecular complexity index is 507. The summed E-state index contributed by atoms with van der Waals surface area (Å²) in [6, 6.07) is 9.31. The van der Waals surface area contributed by atoms with Crippen molar-refractivity contribution in [1.82, 2.24) is 0 Å². The van der Waals surface area contributed by atoms with Crippen LogP contribution in [-0.2, 0) is 15.1 Å². The number of carbonyl (C=O) groups excluding carboxylic acids is 1. The molecule has 1 N–H and O–H groups in total. The third kappa shape index (κ3) is 4.81. The number of hydrogen-bond donors (Lipinski definition) is 1. The SMILES string of the molecule is CC(C)[C@@H]1CC[C@@H](C)C[C@H]1OC(=O)CC(C)(O)c1ccccc1. The lowest BCUT2D eigenvalue weighted by atomic mass is 9.75. The summed E-state index contributed by atoms with van der Waals surface area (Å²) in [4.78, 5) is 12.4. The molecule has 3 nitrogen and oxygen atoms in total. The van der Waals surface area contributed by atoms with Crippen molar-refractivity contribution < 1.29 is 14.6 Å². The maximum absolute atomic E-state index is 12.4. The lowest BCUT2D eigenvalue weighted by molar-refractivity contribution is -0.161. The summed E-state index contributed by atoms with van der Waals surface area (Å²) in [7, 11) is 0. The second kappa shape index (κ2) is 7.48. The van der Waals surface area contributed by atoms with E-state index in [1.165, 1.54) is 6.42 Å². The number of esters is 1. The van der Waals surface area contributed by atoms with Gasteiger partial charge in [0.25, 0.3) is 0 Å². The van der Waals surface area contributed by atoms with Gasteiger partial charge in [0.2, 0.25) is 0 Å². The highest BCUT2D eigenvalue weighted by molar-refractivity contribution is 5.71. The fourth-order valence-corrected chi connectivity index (χ4v) is 3.64. The molecule has 1 aliphatic carbocycles. The van der Waals surface area contributed by atoms with Crippen LogP contribution < -0.4 is 0 Å². The minimum absolute atomic E-state index is 0.00723. The predicted octanol–water partition coefficient (Wildman–Crippen LogP) is 4.29. The molecule has 0 amide bonds. The van der Waals surface area contributed by atoms with E-state index in [0.717, 1.165) is 18.4 Å². The van der Waals surface area contributed by atoms with E-state index in [9.17, 15) is 9.90 Å². The van der Waals surface area contributed by atoms with Gasteiger partial charge >= 0.3 is 5.97 Å². The average molecular weight is 318 g/mol. The second-order valence-electron chi connectivity index (χ2n) is 7.67. The molecular weight excluding hydrogens is 288 g/mol. The van der Waals surface area contributed by atoms with E-state index < -0.39 is 5.60 Å². The van der Waals surface area contributed by atoms with Crippen LogP contribution in [0.3, 0.4) is 0 Å². The Hall–Kier alpha value is -1.35. The molecule has 1 unspecified atom stereocenters. The summed E-state index contributed by atoms with van der Waals surface area (Å²) < 4.78 is 5.79. The van der Waals surface area contributed by atoms with Crippen molar-refractivity contribution in [3.63, 3.8) is 0 Å². The van der Waals surface area contributed by atoms with Crippen LogP contribution in [0, 0.1) is 17.8 Å². The highest BCUT2D eigenvalue weighted by Gasteiger charge is 2.35. The zero-order chi connectivity index (χ0) is 17.0. The van der Waals surface area contributed by atoms with Crippen LogP contribution in [0.1, 0.15) is 58.9 Å². The molecule has 4 atom stereocenters. The lowest BCUT2D eigenvalue weighted by Crippen LogP contribution is -2.37. The molecular formula is C20H30O3. The van der Waals surface area contributed by atoms with Crippen LogP contribution in [0.2, 0.25) is 0 Å². The van der Waals surface area contributed by atoms with E-state index in [-0.39, 0.29) is 18.5 Å². The summed E-state index contributed by atoms with van der Waals surface area (Å²) in [6.07, 6.45) is 3.23. The molecule has 1 aliphatic rings. The predicted molar refractivity (Wildman–Crippen MR) is 91.9 cm³/mol. The molecule has 0 aliphatic heterocycles. The molecule has 23 heavy (non-hydrogen) atoms. The maximum Gasteiger partial charge on any atom is 0.309 e. The molecule has 0 saturated heterocycles. The lowest BCUT2D eigenvalue weighted by Gasteiger charge is -2.37. The van der Waals surface area contributed by atoms with Gasteiger partial charge < -0.3 is 9.84 Å².